The summed E-state index contributed by atoms with van der Waals surface area (Å²) in [7, 11) is 1.18. The number of carbonyl (C=O) groups excluding carboxylic acids is 1. The third kappa shape index (κ3) is 1.84. The Morgan fingerprint density at radius 3 is 2.65 bits per heavy atom. The van der Waals surface area contributed by atoms with Crippen LogP contribution >= 0.6 is 0 Å². The van der Waals surface area contributed by atoms with Crippen molar-refractivity contribution in [3.63, 3.8) is 0 Å². The van der Waals surface area contributed by atoms with Crippen LogP contribution in [0.5, 0.6) is 0 Å². The van der Waals surface area contributed by atoms with Gasteiger partial charge in [-0.3, -0.25) is 15.0 Å². The highest BCUT2D eigenvalue weighted by Crippen LogP contribution is 2.21. The van der Waals surface area contributed by atoms with E-state index in [-0.39, 0.29) is 16.8 Å². The molecule has 2 aromatic rings. The fourth-order valence-electron chi connectivity index (χ4n) is 1.53. The van der Waals surface area contributed by atoms with E-state index in [1.54, 1.807) is 6.07 Å². The number of nitrogens with one attached hydrogen (secondary N) is 2. The van der Waals surface area contributed by atoms with Gasteiger partial charge in [-0.15, -0.1) is 0 Å². The zero-order chi connectivity index (χ0) is 12.4. The minimum Gasteiger partial charge on any atom is -0.464 e. The number of rotatable bonds is 2. The van der Waals surface area contributed by atoms with E-state index >= 15 is 0 Å². The molecular weight excluding hydrogens is 227 g/mol. The van der Waals surface area contributed by atoms with Gasteiger partial charge in [0.15, 0.2) is 5.69 Å². The van der Waals surface area contributed by atoms with Gasteiger partial charge < -0.3 is 4.74 Å². The minimum atomic E-state index is -0.735. The summed E-state index contributed by atoms with van der Waals surface area (Å²) in [6.07, 6.45) is 0. The normalized spacial score (nSPS) is 10.2. The predicted octanol–water partition coefficient (Wildman–Crippen LogP) is 1.30. The van der Waals surface area contributed by atoms with Gasteiger partial charge >= 0.3 is 5.97 Å². The molecule has 0 aliphatic rings. The lowest BCUT2D eigenvalue weighted by Gasteiger charge is -2.01. The molecule has 6 heteroatoms. The van der Waals surface area contributed by atoms with E-state index in [4.69, 9.17) is 0 Å². The smallest absolute Gasteiger partial charge is 0.356 e. The number of esters is 1. The summed E-state index contributed by atoms with van der Waals surface area (Å²) in [5, 5.41) is 4.60. The van der Waals surface area contributed by atoms with Crippen LogP contribution in [0.3, 0.4) is 0 Å². The highest BCUT2D eigenvalue weighted by molar-refractivity contribution is 5.95. The molecule has 0 atom stereocenters. The molecule has 5 nitrogen and oxygen atoms in total. The zero-order valence-electron chi connectivity index (χ0n) is 8.91. The summed E-state index contributed by atoms with van der Waals surface area (Å²) in [5.41, 5.74) is -0.677. The number of methoxy groups -OCH3 is 1. The Morgan fingerprint density at radius 2 is 2.00 bits per heavy atom. The second kappa shape index (κ2) is 4.25. The third-order valence-corrected chi connectivity index (χ3v) is 2.31. The Hall–Kier alpha value is -2.37. The summed E-state index contributed by atoms with van der Waals surface area (Å²) in [6, 6.07) is 5.70. The maximum absolute atomic E-state index is 13.6. The fraction of sp³-hybridized carbons (Fsp3) is 0.0909. The Balaban J connectivity index is 2.68. The van der Waals surface area contributed by atoms with Crippen molar-refractivity contribution in [2.45, 2.75) is 0 Å². The molecule has 0 aliphatic heterocycles. The van der Waals surface area contributed by atoms with Gasteiger partial charge in [0.25, 0.3) is 5.56 Å². The van der Waals surface area contributed by atoms with E-state index in [1.165, 1.54) is 25.3 Å². The van der Waals surface area contributed by atoms with E-state index in [0.29, 0.717) is 0 Å². The molecule has 0 radical (unpaired) electrons. The van der Waals surface area contributed by atoms with Gasteiger partial charge in [0.2, 0.25) is 0 Å². The van der Waals surface area contributed by atoms with Crippen LogP contribution in [-0.2, 0) is 4.74 Å². The highest BCUT2D eigenvalue weighted by Gasteiger charge is 2.21. The Labute approximate surface area is 95.2 Å². The molecule has 88 valence electrons. The fourth-order valence-corrected chi connectivity index (χ4v) is 1.53. The van der Waals surface area contributed by atoms with Gasteiger partial charge in [-0.1, -0.05) is 18.2 Å². The van der Waals surface area contributed by atoms with Crippen molar-refractivity contribution in [3.8, 4) is 11.1 Å². The van der Waals surface area contributed by atoms with Crippen molar-refractivity contribution < 1.29 is 13.9 Å². The number of halogens is 1. The molecule has 0 aliphatic carbocycles. The van der Waals surface area contributed by atoms with Crippen molar-refractivity contribution in [2.24, 2.45) is 0 Å². The lowest BCUT2D eigenvalue weighted by atomic mass is 10.1. The van der Waals surface area contributed by atoms with Crippen molar-refractivity contribution in [2.75, 3.05) is 7.11 Å². The van der Waals surface area contributed by atoms with Crippen LogP contribution < -0.4 is 5.56 Å². The van der Waals surface area contributed by atoms with Gasteiger partial charge in [0, 0.05) is 5.56 Å². The number of benzene rings is 1. The van der Waals surface area contributed by atoms with Crippen molar-refractivity contribution in [3.05, 3.63) is 46.1 Å². The van der Waals surface area contributed by atoms with E-state index < -0.39 is 17.3 Å². The summed E-state index contributed by atoms with van der Waals surface area (Å²) in [6.45, 7) is 0. The van der Waals surface area contributed by atoms with Crippen LogP contribution in [-0.4, -0.2) is 23.3 Å². The number of carbonyl (C=O) groups is 1. The van der Waals surface area contributed by atoms with Crippen LogP contribution in [0.1, 0.15) is 10.5 Å². The van der Waals surface area contributed by atoms with Crippen molar-refractivity contribution >= 4 is 5.97 Å². The monoisotopic (exact) mass is 236 g/mol. The number of ether oxygens (including phenoxy) is 1. The second-order valence-corrected chi connectivity index (χ2v) is 3.30. The molecule has 0 fully saturated rings. The summed E-state index contributed by atoms with van der Waals surface area (Å²) < 4.78 is 18.1. The summed E-state index contributed by atoms with van der Waals surface area (Å²) in [4.78, 5) is 22.9. The van der Waals surface area contributed by atoms with Gasteiger partial charge in [0.1, 0.15) is 5.82 Å². The summed E-state index contributed by atoms with van der Waals surface area (Å²) in [5.74, 6) is -1.32. The molecule has 0 spiro atoms. The van der Waals surface area contributed by atoms with E-state index in [1.807, 2.05) is 0 Å². The molecule has 2 N–H and O–H groups in total. The molecule has 2 rings (SSSR count). The van der Waals surface area contributed by atoms with Gasteiger partial charge in [0.05, 0.1) is 12.7 Å². The third-order valence-electron chi connectivity index (χ3n) is 2.31. The number of H-pyrrole nitrogens is 2. The van der Waals surface area contributed by atoms with Gasteiger partial charge in [-0.25, -0.2) is 9.18 Å². The topological polar surface area (TPSA) is 75.0 Å². The minimum absolute atomic E-state index is 0.0513. The highest BCUT2D eigenvalue weighted by atomic mass is 19.1. The maximum atomic E-state index is 13.6. The first kappa shape index (κ1) is 11.1. The molecule has 0 saturated carbocycles. The van der Waals surface area contributed by atoms with Crippen molar-refractivity contribution in [1.82, 2.24) is 10.2 Å². The van der Waals surface area contributed by atoms with Gasteiger partial charge in [-0.05, 0) is 6.07 Å². The van der Waals surface area contributed by atoms with E-state index in [0.717, 1.165) is 0 Å². The first-order valence-corrected chi connectivity index (χ1v) is 4.79. The lowest BCUT2D eigenvalue weighted by Crippen LogP contribution is -2.08. The number of aromatic amines is 2. The molecular formula is C11H9FN2O3. The molecule has 1 aromatic heterocycles. The van der Waals surface area contributed by atoms with Crippen LogP contribution in [0.15, 0.2) is 29.1 Å². The van der Waals surface area contributed by atoms with Crippen molar-refractivity contribution in [1.29, 1.82) is 0 Å². The molecule has 0 bridgehead atoms. The zero-order valence-corrected chi connectivity index (χ0v) is 8.91. The standard InChI is InChI=1S/C11H9FN2O3/c1-17-11(16)9-8(10(15)14-13-9)6-4-2-3-5-7(6)12/h2-5H,1H3,(H2,13,14,15). The molecule has 0 unspecified atom stereocenters. The van der Waals surface area contributed by atoms with Crippen LogP contribution in [0.25, 0.3) is 11.1 Å². The first-order valence-electron chi connectivity index (χ1n) is 4.79. The molecule has 1 aromatic carbocycles. The molecule has 17 heavy (non-hydrogen) atoms. The predicted molar refractivity (Wildman–Crippen MR) is 58.1 cm³/mol. The second-order valence-electron chi connectivity index (χ2n) is 3.30. The van der Waals surface area contributed by atoms with Crippen LogP contribution in [0, 0.1) is 5.82 Å². The van der Waals surface area contributed by atoms with E-state index in [2.05, 4.69) is 14.9 Å². The quantitative estimate of drug-likeness (QED) is 0.771. The first-order chi connectivity index (χ1) is 8.15. The largest absolute Gasteiger partial charge is 0.464 e. The molecule has 0 saturated heterocycles. The summed E-state index contributed by atoms with van der Waals surface area (Å²) >= 11 is 0. The average Bonchev–Trinajstić information content (AvgIpc) is 2.71. The number of aromatic nitrogens is 2. The van der Waals surface area contributed by atoms with Gasteiger partial charge in [-0.2, -0.15) is 0 Å². The number of hydrogen-bond acceptors (Lipinski definition) is 3. The lowest BCUT2D eigenvalue weighted by molar-refractivity contribution is 0.0595. The van der Waals surface area contributed by atoms with E-state index in [9.17, 15) is 14.0 Å². The van der Waals surface area contributed by atoms with Crippen LogP contribution in [0.2, 0.25) is 0 Å². The Bertz CT molecular complexity index is 615. The Kier molecular flexibility index (Phi) is 2.78. The average molecular weight is 236 g/mol. The molecule has 0 amide bonds. The molecule has 1 heterocycles. The maximum Gasteiger partial charge on any atom is 0.356 e. The van der Waals surface area contributed by atoms with Crippen LogP contribution in [0.4, 0.5) is 4.39 Å². The SMILES string of the molecule is COC(=O)c1[nH][nH]c(=O)c1-c1ccccc1F. The Morgan fingerprint density at radius 1 is 1.29 bits per heavy atom. The number of hydrogen-bond donors (Lipinski definition) is 2.